The lowest BCUT2D eigenvalue weighted by Gasteiger charge is -2.32. The molecule has 0 saturated heterocycles. The summed E-state index contributed by atoms with van der Waals surface area (Å²) in [5.41, 5.74) is 0.292. The predicted molar refractivity (Wildman–Crippen MR) is 152 cm³/mol. The van der Waals surface area contributed by atoms with Crippen molar-refractivity contribution in [3.8, 4) is 0 Å². The van der Waals surface area contributed by atoms with Crippen LogP contribution in [0.1, 0.15) is 43.9 Å². The molecule has 0 saturated carbocycles. The van der Waals surface area contributed by atoms with Gasteiger partial charge in [-0.05, 0) is 63.1 Å². The van der Waals surface area contributed by atoms with E-state index in [0.29, 0.717) is 22.4 Å². The van der Waals surface area contributed by atoms with Crippen molar-refractivity contribution in [3.63, 3.8) is 0 Å². The number of halogens is 3. The Morgan fingerprint density at radius 1 is 0.927 bits per heavy atom. The fourth-order valence-corrected chi connectivity index (χ4v) is 5.45. The molecule has 0 radical (unpaired) electrons. The van der Waals surface area contributed by atoms with Crippen LogP contribution in [0.15, 0.2) is 83.8 Å². The number of amides is 2. The predicted octanol–water partition coefficient (Wildman–Crippen LogP) is 5.54. The number of anilines is 1. The number of hydrogen-bond acceptors (Lipinski definition) is 4. The summed E-state index contributed by atoms with van der Waals surface area (Å²) >= 11 is 0. The van der Waals surface area contributed by atoms with Gasteiger partial charge in [-0.15, -0.1) is 0 Å². The van der Waals surface area contributed by atoms with Crippen LogP contribution in [0, 0.1) is 6.92 Å². The first-order chi connectivity index (χ1) is 19.2. The minimum absolute atomic E-state index is 0.0178. The van der Waals surface area contributed by atoms with E-state index < -0.39 is 46.2 Å². The van der Waals surface area contributed by atoms with E-state index in [4.69, 9.17) is 0 Å². The number of nitrogens with zero attached hydrogens (tertiary/aromatic N) is 2. The van der Waals surface area contributed by atoms with Crippen molar-refractivity contribution in [2.75, 3.05) is 10.8 Å². The van der Waals surface area contributed by atoms with Gasteiger partial charge in [0.05, 0.1) is 16.1 Å². The Hall–Kier alpha value is -3.86. The monoisotopic (exact) mass is 589 g/mol. The van der Waals surface area contributed by atoms with Crippen LogP contribution in [0.5, 0.6) is 0 Å². The average molecular weight is 590 g/mol. The molecule has 0 unspecified atom stereocenters. The molecule has 3 aromatic rings. The molecular weight excluding hydrogens is 555 g/mol. The summed E-state index contributed by atoms with van der Waals surface area (Å²) in [6.45, 7) is 6.30. The van der Waals surface area contributed by atoms with Crippen molar-refractivity contribution in [1.82, 2.24) is 10.2 Å². The van der Waals surface area contributed by atoms with Crippen molar-refractivity contribution in [1.29, 1.82) is 0 Å². The fraction of sp³-hybridized carbons (Fsp3) is 0.333. The Balaban J connectivity index is 2.07. The van der Waals surface area contributed by atoms with Gasteiger partial charge in [0.1, 0.15) is 12.6 Å². The van der Waals surface area contributed by atoms with Gasteiger partial charge in [0.15, 0.2) is 0 Å². The number of benzene rings is 3. The number of carbonyl (C=O) groups is 2. The molecule has 0 fully saturated rings. The molecule has 0 aliphatic carbocycles. The molecule has 0 bridgehead atoms. The highest BCUT2D eigenvalue weighted by molar-refractivity contribution is 7.92. The lowest BCUT2D eigenvalue weighted by molar-refractivity contribution is -0.139. The summed E-state index contributed by atoms with van der Waals surface area (Å²) in [5.74, 6) is -1.19. The quantitative estimate of drug-likeness (QED) is 0.318. The van der Waals surface area contributed by atoms with E-state index in [-0.39, 0.29) is 23.2 Å². The van der Waals surface area contributed by atoms with E-state index >= 15 is 0 Å². The maximum absolute atomic E-state index is 13.9. The zero-order chi connectivity index (χ0) is 30.4. The second kappa shape index (κ2) is 13.2. The van der Waals surface area contributed by atoms with Gasteiger partial charge in [0, 0.05) is 12.6 Å². The maximum Gasteiger partial charge on any atom is 0.416 e. The fourth-order valence-electron chi connectivity index (χ4n) is 4.02. The molecule has 7 nitrogen and oxygen atoms in total. The van der Waals surface area contributed by atoms with E-state index in [9.17, 15) is 31.2 Å². The summed E-state index contributed by atoms with van der Waals surface area (Å²) in [6.07, 6.45) is -4.08. The first-order valence-electron chi connectivity index (χ1n) is 13.1. The van der Waals surface area contributed by atoms with Gasteiger partial charge in [0.25, 0.3) is 10.0 Å². The maximum atomic E-state index is 13.9. The summed E-state index contributed by atoms with van der Waals surface area (Å²) in [6, 6.07) is 17.1. The second-order valence-electron chi connectivity index (χ2n) is 9.87. The summed E-state index contributed by atoms with van der Waals surface area (Å²) in [5, 5.41) is 2.84. The topological polar surface area (TPSA) is 86.8 Å². The van der Waals surface area contributed by atoms with Crippen LogP contribution in [0.4, 0.5) is 18.9 Å². The van der Waals surface area contributed by atoms with Crippen molar-refractivity contribution in [2.45, 2.75) is 63.8 Å². The zero-order valence-corrected chi connectivity index (χ0v) is 24.2. The standard InChI is InChI=1S/C30H34F3N3O4S/c1-5-22(3)34-29(38)23(4)35(19-24-16-14-21(2)15-17-24)28(37)20-36(41(39,40)27-12-7-6-8-13-27)26-11-9-10-25(18-26)30(31,32)33/h6-18,22-23H,5,19-20H2,1-4H3,(H,34,38)/t22-,23+/m0/s1. The first-order valence-corrected chi connectivity index (χ1v) is 14.6. The molecule has 3 aromatic carbocycles. The number of alkyl halides is 3. The van der Waals surface area contributed by atoms with Crippen molar-refractivity contribution >= 4 is 27.5 Å². The largest absolute Gasteiger partial charge is 0.416 e. The van der Waals surface area contributed by atoms with Crippen LogP contribution >= 0.6 is 0 Å². The average Bonchev–Trinajstić information content (AvgIpc) is 2.95. The molecule has 0 spiro atoms. The number of nitrogens with one attached hydrogen (secondary N) is 1. The molecular formula is C30H34F3N3O4S. The molecule has 0 aliphatic rings. The van der Waals surface area contributed by atoms with E-state index in [1.807, 2.05) is 32.9 Å². The smallest absolute Gasteiger partial charge is 0.352 e. The highest BCUT2D eigenvalue weighted by Gasteiger charge is 2.35. The van der Waals surface area contributed by atoms with Gasteiger partial charge in [-0.3, -0.25) is 13.9 Å². The van der Waals surface area contributed by atoms with E-state index in [0.717, 1.165) is 17.7 Å². The summed E-state index contributed by atoms with van der Waals surface area (Å²) < 4.78 is 68.8. The SMILES string of the molecule is CC[C@H](C)NC(=O)[C@@H](C)N(Cc1ccc(C)cc1)C(=O)CN(c1cccc(C(F)(F)F)c1)S(=O)(=O)c1ccccc1. The van der Waals surface area contributed by atoms with Gasteiger partial charge in [0.2, 0.25) is 11.8 Å². The van der Waals surface area contributed by atoms with E-state index in [1.54, 1.807) is 18.2 Å². The molecule has 2 amide bonds. The van der Waals surface area contributed by atoms with Gasteiger partial charge in [-0.2, -0.15) is 13.2 Å². The lowest BCUT2D eigenvalue weighted by Crippen LogP contribution is -2.52. The Kier molecular flexibility index (Phi) is 10.2. The third-order valence-corrected chi connectivity index (χ3v) is 8.50. The highest BCUT2D eigenvalue weighted by atomic mass is 32.2. The van der Waals surface area contributed by atoms with E-state index in [2.05, 4.69) is 5.32 Å². The number of aryl methyl sites for hydroxylation is 1. The van der Waals surface area contributed by atoms with Gasteiger partial charge in [-0.25, -0.2) is 8.42 Å². The van der Waals surface area contributed by atoms with E-state index in [1.165, 1.54) is 42.2 Å². The van der Waals surface area contributed by atoms with Crippen molar-refractivity contribution in [2.24, 2.45) is 0 Å². The van der Waals surface area contributed by atoms with Crippen molar-refractivity contribution < 1.29 is 31.2 Å². The molecule has 41 heavy (non-hydrogen) atoms. The highest BCUT2D eigenvalue weighted by Crippen LogP contribution is 2.33. The van der Waals surface area contributed by atoms with Crippen LogP contribution in [-0.2, 0) is 32.3 Å². The van der Waals surface area contributed by atoms with Crippen LogP contribution in [0.25, 0.3) is 0 Å². The molecule has 3 rings (SSSR count). The van der Waals surface area contributed by atoms with Crippen LogP contribution in [0.3, 0.4) is 0 Å². The molecule has 11 heteroatoms. The third kappa shape index (κ3) is 8.09. The first kappa shape index (κ1) is 31.7. The Morgan fingerprint density at radius 2 is 1.56 bits per heavy atom. The van der Waals surface area contributed by atoms with Gasteiger partial charge < -0.3 is 10.2 Å². The third-order valence-electron chi connectivity index (χ3n) is 6.71. The Labute approximate surface area is 239 Å². The molecule has 0 aliphatic heterocycles. The minimum Gasteiger partial charge on any atom is -0.352 e. The normalized spacial score (nSPS) is 13.2. The van der Waals surface area contributed by atoms with Crippen LogP contribution in [0.2, 0.25) is 0 Å². The molecule has 1 N–H and O–H groups in total. The minimum atomic E-state index is -4.73. The number of rotatable bonds is 11. The van der Waals surface area contributed by atoms with Gasteiger partial charge >= 0.3 is 6.18 Å². The Bertz CT molecular complexity index is 1450. The van der Waals surface area contributed by atoms with Gasteiger partial charge in [-0.1, -0.05) is 61.0 Å². The van der Waals surface area contributed by atoms with Crippen LogP contribution in [-0.4, -0.2) is 43.8 Å². The molecule has 220 valence electrons. The molecule has 2 atom stereocenters. The van der Waals surface area contributed by atoms with Crippen molar-refractivity contribution in [3.05, 3.63) is 95.6 Å². The number of sulfonamides is 1. The van der Waals surface area contributed by atoms with Crippen LogP contribution < -0.4 is 9.62 Å². The molecule has 0 aromatic heterocycles. The Morgan fingerprint density at radius 3 is 2.15 bits per heavy atom. The summed E-state index contributed by atoms with van der Waals surface area (Å²) in [7, 11) is -4.47. The summed E-state index contributed by atoms with van der Waals surface area (Å²) in [4.78, 5) is 28.0. The zero-order valence-electron chi connectivity index (χ0n) is 23.4. The number of hydrogen-bond donors (Lipinski definition) is 1. The lowest BCUT2D eigenvalue weighted by atomic mass is 10.1. The second-order valence-corrected chi connectivity index (χ2v) is 11.7. The molecule has 0 heterocycles. The number of carbonyl (C=O) groups excluding carboxylic acids is 2.